The minimum Gasteiger partial charge on any atom is -0.469 e. The first kappa shape index (κ1) is 15.2. The smallest absolute Gasteiger partial charge is 0.305 e. The molecule has 1 N–H and O–H groups in total. The van der Waals surface area contributed by atoms with E-state index < -0.39 is 0 Å². The molecule has 0 unspecified atom stereocenters. The van der Waals surface area contributed by atoms with E-state index in [1.54, 1.807) is 6.07 Å². The second-order valence-electron chi connectivity index (χ2n) is 3.97. The van der Waals surface area contributed by atoms with E-state index in [0.717, 1.165) is 20.1 Å². The van der Waals surface area contributed by atoms with Crippen molar-refractivity contribution in [2.75, 3.05) is 12.4 Å². The summed E-state index contributed by atoms with van der Waals surface area (Å²) in [7, 11) is 1.37. The second-order valence-corrected chi connectivity index (χ2v) is 5.99. The summed E-state index contributed by atoms with van der Waals surface area (Å²) in [5.41, 5.74) is 1.64. The summed E-state index contributed by atoms with van der Waals surface area (Å²) < 4.78 is 18.4. The summed E-state index contributed by atoms with van der Waals surface area (Å²) in [5.74, 6) is -0.515. The standard InChI is InChI=1S/C13H12FIN2O2S/c1-19-12(18)5-3-9-7-20-13(16-9)17-11-4-2-8(14)6-10(11)15/h2,4,6-7H,3,5H2,1H3,(H,16,17). The van der Waals surface area contributed by atoms with Gasteiger partial charge in [0.05, 0.1) is 24.9 Å². The van der Waals surface area contributed by atoms with E-state index in [-0.39, 0.29) is 11.8 Å². The van der Waals surface area contributed by atoms with Gasteiger partial charge in [-0.1, -0.05) is 0 Å². The molecule has 0 radical (unpaired) electrons. The molecule has 0 saturated heterocycles. The first-order chi connectivity index (χ1) is 9.58. The third kappa shape index (κ3) is 4.14. The fourth-order valence-electron chi connectivity index (χ4n) is 1.52. The SMILES string of the molecule is COC(=O)CCc1csc(Nc2ccc(F)cc2I)n1. The van der Waals surface area contributed by atoms with Crippen LogP contribution in [0.3, 0.4) is 0 Å². The Labute approximate surface area is 133 Å². The molecule has 2 aromatic rings. The molecule has 0 saturated carbocycles. The van der Waals surface area contributed by atoms with Gasteiger partial charge in [0.25, 0.3) is 0 Å². The number of esters is 1. The lowest BCUT2D eigenvalue weighted by Gasteiger charge is -2.05. The average Bonchev–Trinajstić information content (AvgIpc) is 2.87. The average molecular weight is 406 g/mol. The van der Waals surface area contributed by atoms with E-state index >= 15 is 0 Å². The molecule has 1 aromatic heterocycles. The normalized spacial score (nSPS) is 10.3. The minimum atomic E-state index is -0.266. The summed E-state index contributed by atoms with van der Waals surface area (Å²) in [6.07, 6.45) is 0.860. The molecule has 0 atom stereocenters. The molecule has 2 rings (SSSR count). The number of halogens is 2. The molecular formula is C13H12FIN2O2S. The van der Waals surface area contributed by atoms with E-state index in [1.165, 1.54) is 30.6 Å². The lowest BCUT2D eigenvalue weighted by Crippen LogP contribution is -2.02. The summed E-state index contributed by atoms with van der Waals surface area (Å²) in [6.45, 7) is 0. The Bertz CT molecular complexity index is 618. The van der Waals surface area contributed by atoms with Crippen LogP contribution in [0, 0.1) is 9.39 Å². The molecule has 0 bridgehead atoms. The van der Waals surface area contributed by atoms with Gasteiger partial charge < -0.3 is 10.1 Å². The van der Waals surface area contributed by atoms with Crippen molar-refractivity contribution < 1.29 is 13.9 Å². The zero-order valence-electron chi connectivity index (χ0n) is 10.7. The zero-order valence-corrected chi connectivity index (χ0v) is 13.6. The zero-order chi connectivity index (χ0) is 14.5. The fourth-order valence-corrected chi connectivity index (χ4v) is 2.89. The van der Waals surface area contributed by atoms with Crippen LogP contribution in [-0.2, 0) is 16.0 Å². The lowest BCUT2D eigenvalue weighted by atomic mass is 10.2. The highest BCUT2D eigenvalue weighted by Gasteiger charge is 2.07. The van der Waals surface area contributed by atoms with E-state index in [1.807, 2.05) is 5.38 Å². The van der Waals surface area contributed by atoms with Crippen molar-refractivity contribution in [2.24, 2.45) is 0 Å². The maximum atomic E-state index is 13.0. The Morgan fingerprint density at radius 1 is 1.55 bits per heavy atom. The number of rotatable bonds is 5. The predicted octanol–water partition coefficient (Wildman–Crippen LogP) is 3.74. The molecule has 0 aliphatic rings. The summed E-state index contributed by atoms with van der Waals surface area (Å²) in [4.78, 5) is 15.4. The van der Waals surface area contributed by atoms with Crippen LogP contribution >= 0.6 is 33.9 Å². The third-order valence-corrected chi connectivity index (χ3v) is 4.24. The molecule has 4 nitrogen and oxygen atoms in total. The Hall–Kier alpha value is -1.22. The van der Waals surface area contributed by atoms with Gasteiger partial charge in [-0.25, -0.2) is 9.37 Å². The van der Waals surface area contributed by atoms with Gasteiger partial charge in [-0.3, -0.25) is 4.79 Å². The number of ether oxygens (including phenoxy) is 1. The number of aromatic nitrogens is 1. The van der Waals surface area contributed by atoms with Crippen LogP contribution < -0.4 is 5.32 Å². The van der Waals surface area contributed by atoms with Gasteiger partial charge in [0.15, 0.2) is 5.13 Å². The maximum Gasteiger partial charge on any atom is 0.305 e. The highest BCUT2D eigenvalue weighted by Crippen LogP contribution is 2.25. The summed E-state index contributed by atoms with van der Waals surface area (Å²) in [5, 5.41) is 5.75. The second kappa shape index (κ2) is 6.98. The van der Waals surface area contributed by atoms with Crippen molar-refractivity contribution >= 4 is 50.7 Å². The number of carbonyl (C=O) groups excluding carboxylic acids is 1. The van der Waals surface area contributed by atoms with Crippen LogP contribution in [0.25, 0.3) is 0 Å². The Morgan fingerprint density at radius 3 is 3.05 bits per heavy atom. The summed E-state index contributed by atoms with van der Waals surface area (Å²) in [6, 6.07) is 4.53. The van der Waals surface area contributed by atoms with Crippen molar-refractivity contribution in [1.82, 2.24) is 4.98 Å². The van der Waals surface area contributed by atoms with Crippen LogP contribution in [0.4, 0.5) is 15.2 Å². The Morgan fingerprint density at radius 2 is 2.35 bits per heavy atom. The van der Waals surface area contributed by atoms with Gasteiger partial charge in [0.2, 0.25) is 0 Å². The van der Waals surface area contributed by atoms with Crippen LogP contribution in [0.5, 0.6) is 0 Å². The van der Waals surface area contributed by atoms with E-state index in [4.69, 9.17) is 0 Å². The fraction of sp³-hybridized carbons (Fsp3) is 0.231. The highest BCUT2D eigenvalue weighted by atomic mass is 127. The molecule has 1 aromatic carbocycles. The number of thiazole rings is 1. The Kier molecular flexibility index (Phi) is 5.30. The van der Waals surface area contributed by atoms with Crippen LogP contribution in [-0.4, -0.2) is 18.1 Å². The van der Waals surface area contributed by atoms with Gasteiger partial charge >= 0.3 is 5.97 Å². The topological polar surface area (TPSA) is 51.2 Å². The van der Waals surface area contributed by atoms with E-state index in [2.05, 4.69) is 37.6 Å². The number of carbonyl (C=O) groups is 1. The van der Waals surface area contributed by atoms with Crippen molar-refractivity contribution in [3.05, 3.63) is 38.7 Å². The number of hydrogen-bond donors (Lipinski definition) is 1. The molecule has 7 heteroatoms. The van der Waals surface area contributed by atoms with Crippen LogP contribution in [0.1, 0.15) is 12.1 Å². The summed E-state index contributed by atoms with van der Waals surface area (Å²) >= 11 is 3.51. The number of nitrogens with one attached hydrogen (secondary N) is 1. The Balaban J connectivity index is 2.00. The van der Waals surface area contributed by atoms with Gasteiger partial charge in [-0.05, 0) is 40.8 Å². The number of hydrogen-bond acceptors (Lipinski definition) is 5. The molecule has 1 heterocycles. The number of benzene rings is 1. The van der Waals surface area contributed by atoms with Crippen LogP contribution in [0.15, 0.2) is 23.6 Å². The van der Waals surface area contributed by atoms with Gasteiger partial charge in [-0.2, -0.15) is 0 Å². The molecule has 0 aliphatic heterocycles. The monoisotopic (exact) mass is 406 g/mol. The molecule has 0 aliphatic carbocycles. The molecule has 0 fully saturated rings. The maximum absolute atomic E-state index is 13.0. The molecule has 20 heavy (non-hydrogen) atoms. The van der Waals surface area contributed by atoms with Gasteiger partial charge in [0.1, 0.15) is 5.82 Å². The van der Waals surface area contributed by atoms with Gasteiger partial charge in [0, 0.05) is 15.4 Å². The molecular weight excluding hydrogens is 394 g/mol. The van der Waals surface area contributed by atoms with E-state index in [9.17, 15) is 9.18 Å². The third-order valence-electron chi connectivity index (χ3n) is 2.54. The van der Waals surface area contributed by atoms with Crippen molar-refractivity contribution in [3.8, 4) is 0 Å². The van der Waals surface area contributed by atoms with E-state index in [0.29, 0.717) is 12.8 Å². The van der Waals surface area contributed by atoms with Crippen LogP contribution in [0.2, 0.25) is 0 Å². The molecule has 0 spiro atoms. The minimum absolute atomic E-state index is 0.249. The van der Waals surface area contributed by atoms with Crippen molar-refractivity contribution in [1.29, 1.82) is 0 Å². The predicted molar refractivity (Wildman–Crippen MR) is 84.9 cm³/mol. The number of nitrogens with zero attached hydrogens (tertiary/aromatic N) is 1. The molecule has 106 valence electrons. The quantitative estimate of drug-likeness (QED) is 0.608. The molecule has 0 amide bonds. The lowest BCUT2D eigenvalue weighted by molar-refractivity contribution is -0.140. The number of anilines is 2. The first-order valence-corrected chi connectivity index (χ1v) is 7.77. The van der Waals surface area contributed by atoms with Gasteiger partial charge in [-0.15, -0.1) is 11.3 Å². The first-order valence-electron chi connectivity index (χ1n) is 5.82. The largest absolute Gasteiger partial charge is 0.469 e. The number of methoxy groups -OCH3 is 1. The number of aryl methyl sites for hydroxylation is 1. The van der Waals surface area contributed by atoms with Crippen molar-refractivity contribution in [3.63, 3.8) is 0 Å². The highest BCUT2D eigenvalue weighted by molar-refractivity contribution is 14.1. The van der Waals surface area contributed by atoms with Crippen molar-refractivity contribution in [2.45, 2.75) is 12.8 Å².